The lowest BCUT2D eigenvalue weighted by atomic mass is 9.92. The second-order valence-corrected chi connectivity index (χ2v) is 8.01. The Labute approximate surface area is 166 Å². The van der Waals surface area contributed by atoms with Crippen molar-refractivity contribution in [3.63, 3.8) is 0 Å². The molecule has 0 amide bonds. The largest absolute Gasteiger partial charge is 0.294 e. The standard InChI is InChI=1S/C24H26FN3/c1-16(2)24-26-22-17(3)13-28(14-18-7-5-4-6-8-18)15-21(22)23(27-24)19-9-11-20(25)12-10-19/h4-12,16-17H,13-15H2,1-3H3. The average molecular weight is 375 g/mol. The third-order valence-corrected chi connectivity index (χ3v) is 5.32. The minimum Gasteiger partial charge on any atom is -0.294 e. The van der Waals surface area contributed by atoms with Gasteiger partial charge in [0.25, 0.3) is 0 Å². The number of benzene rings is 2. The Hall–Kier alpha value is -2.59. The number of fused-ring (bicyclic) bond motifs is 1. The Balaban J connectivity index is 1.76. The summed E-state index contributed by atoms with van der Waals surface area (Å²) in [4.78, 5) is 12.3. The average Bonchev–Trinajstić information content (AvgIpc) is 2.69. The molecule has 1 aliphatic heterocycles. The highest BCUT2D eigenvalue weighted by Gasteiger charge is 2.28. The molecular weight excluding hydrogens is 349 g/mol. The quantitative estimate of drug-likeness (QED) is 0.601. The van der Waals surface area contributed by atoms with Gasteiger partial charge in [0.05, 0.1) is 11.4 Å². The first-order valence-electron chi connectivity index (χ1n) is 9.94. The van der Waals surface area contributed by atoms with Crippen LogP contribution in [0.25, 0.3) is 11.3 Å². The second kappa shape index (κ2) is 7.80. The number of hydrogen-bond acceptors (Lipinski definition) is 3. The summed E-state index contributed by atoms with van der Waals surface area (Å²) >= 11 is 0. The number of halogens is 1. The summed E-state index contributed by atoms with van der Waals surface area (Å²) in [6, 6.07) is 17.2. The Morgan fingerprint density at radius 1 is 1.04 bits per heavy atom. The highest BCUT2D eigenvalue weighted by atomic mass is 19.1. The van der Waals surface area contributed by atoms with E-state index in [9.17, 15) is 4.39 Å². The van der Waals surface area contributed by atoms with Crippen molar-refractivity contribution in [1.29, 1.82) is 0 Å². The monoisotopic (exact) mass is 375 g/mol. The van der Waals surface area contributed by atoms with Gasteiger partial charge < -0.3 is 0 Å². The molecule has 0 radical (unpaired) electrons. The normalized spacial score (nSPS) is 17.0. The number of aromatic nitrogens is 2. The van der Waals surface area contributed by atoms with Crippen LogP contribution in [0, 0.1) is 5.82 Å². The van der Waals surface area contributed by atoms with Crippen LogP contribution in [0.5, 0.6) is 0 Å². The first-order chi connectivity index (χ1) is 13.5. The van der Waals surface area contributed by atoms with Gasteiger partial charge in [-0.05, 0) is 29.8 Å². The molecule has 0 N–H and O–H groups in total. The Bertz CT molecular complexity index is 952. The molecule has 144 valence electrons. The van der Waals surface area contributed by atoms with E-state index in [4.69, 9.17) is 9.97 Å². The maximum absolute atomic E-state index is 13.5. The SMILES string of the molecule is CC(C)c1nc(-c2ccc(F)cc2)c2c(n1)C(C)CN(Cc1ccccc1)C2. The molecular formula is C24H26FN3. The molecule has 0 bridgehead atoms. The minimum absolute atomic E-state index is 0.227. The van der Waals surface area contributed by atoms with Crippen molar-refractivity contribution in [3.05, 3.63) is 83.1 Å². The molecule has 3 nitrogen and oxygen atoms in total. The van der Waals surface area contributed by atoms with Gasteiger partial charge in [-0.1, -0.05) is 51.1 Å². The molecule has 1 unspecified atom stereocenters. The molecule has 1 aliphatic rings. The Morgan fingerprint density at radius 2 is 1.75 bits per heavy atom. The van der Waals surface area contributed by atoms with E-state index in [1.165, 1.54) is 23.3 Å². The number of hydrogen-bond donors (Lipinski definition) is 0. The molecule has 1 atom stereocenters. The summed E-state index contributed by atoms with van der Waals surface area (Å²) in [5, 5.41) is 0. The fourth-order valence-corrected chi connectivity index (χ4v) is 3.91. The number of rotatable bonds is 4. The molecule has 28 heavy (non-hydrogen) atoms. The minimum atomic E-state index is -0.227. The van der Waals surface area contributed by atoms with E-state index in [1.54, 1.807) is 0 Å². The molecule has 2 aromatic carbocycles. The van der Waals surface area contributed by atoms with E-state index in [0.29, 0.717) is 5.92 Å². The van der Waals surface area contributed by atoms with Gasteiger partial charge in [-0.15, -0.1) is 0 Å². The molecule has 0 fully saturated rings. The highest BCUT2D eigenvalue weighted by molar-refractivity contribution is 5.64. The van der Waals surface area contributed by atoms with Crippen molar-refractivity contribution < 1.29 is 4.39 Å². The Morgan fingerprint density at radius 3 is 2.43 bits per heavy atom. The summed E-state index contributed by atoms with van der Waals surface area (Å²) in [7, 11) is 0. The van der Waals surface area contributed by atoms with E-state index >= 15 is 0 Å². The molecule has 4 rings (SSSR count). The van der Waals surface area contributed by atoms with Crippen molar-refractivity contribution in [2.75, 3.05) is 6.54 Å². The van der Waals surface area contributed by atoms with Crippen LogP contribution in [-0.4, -0.2) is 21.4 Å². The maximum atomic E-state index is 13.5. The van der Waals surface area contributed by atoms with Crippen molar-refractivity contribution in [2.45, 2.75) is 45.7 Å². The molecule has 0 spiro atoms. The fourth-order valence-electron chi connectivity index (χ4n) is 3.91. The van der Waals surface area contributed by atoms with Crippen LogP contribution in [0.1, 0.15) is 55.3 Å². The van der Waals surface area contributed by atoms with E-state index in [2.05, 4.69) is 49.9 Å². The van der Waals surface area contributed by atoms with Gasteiger partial charge in [0.1, 0.15) is 11.6 Å². The molecule has 4 heteroatoms. The van der Waals surface area contributed by atoms with Crippen molar-refractivity contribution in [3.8, 4) is 11.3 Å². The summed E-state index contributed by atoms with van der Waals surface area (Å²) in [6.07, 6.45) is 0. The van der Waals surface area contributed by atoms with E-state index in [1.807, 2.05) is 18.2 Å². The van der Waals surface area contributed by atoms with Crippen LogP contribution in [-0.2, 0) is 13.1 Å². The van der Waals surface area contributed by atoms with Crippen molar-refractivity contribution >= 4 is 0 Å². The van der Waals surface area contributed by atoms with Crippen LogP contribution < -0.4 is 0 Å². The number of nitrogens with zero attached hydrogens (tertiary/aromatic N) is 3. The predicted molar refractivity (Wildman–Crippen MR) is 110 cm³/mol. The molecule has 0 aliphatic carbocycles. The first-order valence-corrected chi connectivity index (χ1v) is 9.94. The van der Waals surface area contributed by atoms with E-state index in [0.717, 1.165) is 42.4 Å². The fraction of sp³-hybridized carbons (Fsp3) is 0.333. The van der Waals surface area contributed by atoms with Crippen molar-refractivity contribution in [2.24, 2.45) is 0 Å². The van der Waals surface area contributed by atoms with E-state index in [-0.39, 0.29) is 11.7 Å². The van der Waals surface area contributed by atoms with Crippen LogP contribution in [0.15, 0.2) is 54.6 Å². The van der Waals surface area contributed by atoms with Crippen LogP contribution >= 0.6 is 0 Å². The summed E-state index contributed by atoms with van der Waals surface area (Å²) in [5.41, 5.74) is 5.52. The molecule has 0 saturated heterocycles. The first kappa shape index (κ1) is 18.8. The van der Waals surface area contributed by atoms with Gasteiger partial charge in [0, 0.05) is 42.6 Å². The zero-order valence-corrected chi connectivity index (χ0v) is 16.7. The topological polar surface area (TPSA) is 29.0 Å². The molecule has 2 heterocycles. The van der Waals surface area contributed by atoms with Crippen LogP contribution in [0.2, 0.25) is 0 Å². The zero-order chi connectivity index (χ0) is 19.7. The van der Waals surface area contributed by atoms with E-state index < -0.39 is 0 Å². The lowest BCUT2D eigenvalue weighted by molar-refractivity contribution is 0.223. The zero-order valence-electron chi connectivity index (χ0n) is 16.7. The van der Waals surface area contributed by atoms with Gasteiger partial charge in [0.2, 0.25) is 0 Å². The summed E-state index contributed by atoms with van der Waals surface area (Å²) < 4.78 is 13.5. The molecule has 0 saturated carbocycles. The van der Waals surface area contributed by atoms with Gasteiger partial charge in [-0.2, -0.15) is 0 Å². The molecule has 3 aromatic rings. The molecule has 1 aromatic heterocycles. The summed E-state index contributed by atoms with van der Waals surface area (Å²) in [5.74, 6) is 1.21. The third kappa shape index (κ3) is 3.83. The lowest BCUT2D eigenvalue weighted by Gasteiger charge is -2.34. The van der Waals surface area contributed by atoms with Gasteiger partial charge in [-0.25, -0.2) is 14.4 Å². The smallest absolute Gasteiger partial charge is 0.131 e. The van der Waals surface area contributed by atoms with Crippen molar-refractivity contribution in [1.82, 2.24) is 14.9 Å². The van der Waals surface area contributed by atoms with Crippen LogP contribution in [0.3, 0.4) is 0 Å². The van der Waals surface area contributed by atoms with Gasteiger partial charge >= 0.3 is 0 Å². The maximum Gasteiger partial charge on any atom is 0.131 e. The van der Waals surface area contributed by atoms with Crippen LogP contribution in [0.4, 0.5) is 4.39 Å². The Kier molecular flexibility index (Phi) is 5.23. The highest BCUT2D eigenvalue weighted by Crippen LogP contribution is 2.34. The predicted octanol–water partition coefficient (Wildman–Crippen LogP) is 5.53. The van der Waals surface area contributed by atoms with Gasteiger partial charge in [0.15, 0.2) is 0 Å². The third-order valence-electron chi connectivity index (χ3n) is 5.32. The van der Waals surface area contributed by atoms with Gasteiger partial charge in [-0.3, -0.25) is 4.90 Å². The summed E-state index contributed by atoms with van der Waals surface area (Å²) in [6.45, 7) is 9.15. The second-order valence-electron chi connectivity index (χ2n) is 8.01. The lowest BCUT2D eigenvalue weighted by Crippen LogP contribution is -2.34.